The predicted octanol–water partition coefficient (Wildman–Crippen LogP) is 17.6. The zero-order valence-corrected chi connectivity index (χ0v) is 43.3. The quantitative estimate of drug-likeness (QED) is 0.107. The predicted molar refractivity (Wildman–Crippen MR) is 276 cm³/mol. The van der Waals surface area contributed by atoms with Gasteiger partial charge in [-0.1, -0.05) is 0 Å². The molecule has 2 atom stereocenters. The first-order chi connectivity index (χ1) is 29.1. The summed E-state index contributed by atoms with van der Waals surface area (Å²) < 4.78 is 6.89. The zero-order valence-electron chi connectivity index (χ0n) is 37.8. The molecule has 4 aliphatic carbocycles. The van der Waals surface area contributed by atoms with Gasteiger partial charge in [0, 0.05) is 0 Å². The maximum absolute atomic E-state index is 4.00. The van der Waals surface area contributed by atoms with Crippen molar-refractivity contribution in [3.63, 3.8) is 0 Å². The van der Waals surface area contributed by atoms with E-state index in [2.05, 4.69) is 163 Å². The second-order valence-corrected chi connectivity index (χ2v) is 51.7. The van der Waals surface area contributed by atoms with Gasteiger partial charge in [-0.3, -0.25) is 0 Å². The molecule has 6 aromatic rings. The van der Waals surface area contributed by atoms with Crippen molar-refractivity contribution in [3.05, 3.63) is 155 Å². The molecule has 0 spiro atoms. The van der Waals surface area contributed by atoms with Crippen LogP contribution >= 0.6 is 24.8 Å². The van der Waals surface area contributed by atoms with Gasteiger partial charge in [-0.05, 0) is 0 Å². The number of rotatable bonds is 12. The van der Waals surface area contributed by atoms with Crippen molar-refractivity contribution >= 4 is 65.4 Å². The maximum Gasteiger partial charge on any atom is -0.147 e. The molecule has 6 aromatic carbocycles. The van der Waals surface area contributed by atoms with Crippen molar-refractivity contribution in [1.29, 1.82) is 0 Å². The Morgan fingerprint density at radius 2 is 0.887 bits per heavy atom. The van der Waals surface area contributed by atoms with Gasteiger partial charge in [0.25, 0.3) is 0 Å². The van der Waals surface area contributed by atoms with Gasteiger partial charge >= 0.3 is 366 Å². The Morgan fingerprint density at radius 1 is 0.500 bits per heavy atom. The van der Waals surface area contributed by atoms with Crippen molar-refractivity contribution in [2.45, 2.75) is 120 Å². The van der Waals surface area contributed by atoms with Crippen molar-refractivity contribution in [1.82, 2.24) is 0 Å². The Labute approximate surface area is 387 Å². The average Bonchev–Trinajstić information content (AvgIpc) is 4.06. The summed E-state index contributed by atoms with van der Waals surface area (Å²) in [6.45, 7) is 7.46. The van der Waals surface area contributed by atoms with E-state index < -0.39 is 17.4 Å². The van der Waals surface area contributed by atoms with Gasteiger partial charge in [-0.25, -0.2) is 0 Å². The molecule has 4 heteroatoms. The summed E-state index contributed by atoms with van der Waals surface area (Å²) in [6, 6.07) is 47.1. The van der Waals surface area contributed by atoms with Crippen LogP contribution in [0.5, 0.6) is 0 Å². The number of fused-ring (bicyclic) bond motifs is 4. The minimum absolute atomic E-state index is 0. The van der Waals surface area contributed by atoms with E-state index in [-0.39, 0.29) is 24.8 Å². The van der Waals surface area contributed by atoms with Gasteiger partial charge in [0.1, 0.15) is 0 Å². The molecule has 2 fully saturated rings. The van der Waals surface area contributed by atoms with Gasteiger partial charge in [0.05, 0.1) is 0 Å². The summed E-state index contributed by atoms with van der Waals surface area (Å²) in [5.41, 5.74) is 16.4. The molecule has 0 N–H and O–H groups in total. The van der Waals surface area contributed by atoms with Gasteiger partial charge in [-0.2, -0.15) is 0 Å². The average molecular weight is 955 g/mol. The molecule has 322 valence electrons. The minimum atomic E-state index is -4.00. The molecule has 0 bridgehead atoms. The molecule has 10 rings (SSSR count). The fraction of sp³-hybridized carbons (Fsp3) is 0.379. The second kappa shape index (κ2) is 17.8. The van der Waals surface area contributed by atoms with Crippen molar-refractivity contribution in [3.8, 4) is 22.3 Å². The van der Waals surface area contributed by atoms with E-state index >= 15 is 0 Å². The zero-order chi connectivity index (χ0) is 41.1. The standard InChI is InChI=1S/2C28H29.2CH3.2ClH.H2Si.Zr/c2*1-2-14-28(15-5-6-16-28)20-21-17-24-10-7-11-26(27(24)18-21)25-13-12-22-8-3-4-9-23(22)19-25;;;;;;/h2*3-4,7-13,17-19H,2,5-6,14-16,20H2,1H3;2*1H3;2*1H;1H2;. The Bertz CT molecular complexity index is 2570. The smallest absolute Gasteiger partial charge is 0.147 e. The Kier molecular flexibility index (Phi) is 13.1. The van der Waals surface area contributed by atoms with Crippen LogP contribution in [-0.4, -0.2) is 6.88 Å². The fourth-order valence-electron chi connectivity index (χ4n) is 14.1. The third-order valence-electron chi connectivity index (χ3n) is 16.4. The molecule has 0 heterocycles. The molecule has 0 amide bonds. The van der Waals surface area contributed by atoms with Crippen LogP contribution < -0.4 is 0 Å². The molecule has 62 heavy (non-hydrogen) atoms. The summed E-state index contributed by atoms with van der Waals surface area (Å²) in [7, 11) is 0. The van der Waals surface area contributed by atoms with Crippen LogP contribution in [0, 0.1) is 10.8 Å². The number of allylic oxidation sites excluding steroid dienone is 2. The molecule has 0 aromatic heterocycles. The van der Waals surface area contributed by atoms with E-state index in [9.17, 15) is 0 Å². The molecule has 4 aliphatic rings. The molecule has 0 radical (unpaired) electrons. The first-order valence-corrected chi connectivity index (χ1v) is 37.5. The molecule has 0 aliphatic heterocycles. The number of halogens is 2. The van der Waals surface area contributed by atoms with Crippen LogP contribution in [0.25, 0.3) is 56.0 Å². The Balaban J connectivity index is 0.00000264. The molecular weight excluding hydrogens is 887 g/mol. The van der Waals surface area contributed by atoms with Crippen LogP contribution in [0.4, 0.5) is 0 Å². The first-order valence-electron chi connectivity index (χ1n) is 23.8. The summed E-state index contributed by atoms with van der Waals surface area (Å²) in [5.74, 6) is 0. The minimum Gasteiger partial charge on any atom is -0.147 e. The summed E-state index contributed by atoms with van der Waals surface area (Å²) in [4.78, 5) is 0. The molecule has 0 saturated heterocycles. The fourth-order valence-corrected chi connectivity index (χ4v) is 33.7. The molecule has 2 saturated carbocycles. The van der Waals surface area contributed by atoms with Crippen LogP contribution in [0.1, 0.15) is 133 Å². The van der Waals surface area contributed by atoms with Crippen LogP contribution in [0.3, 0.4) is 0 Å². The SMILES string of the molecule is CCCC1(CC2=Cc3c(-c4ccc5ccccc5c4)cccc3[CH]2[Zr]([CH3])([CH3])(=[SiH2])[CH]2C(CC3(CCC)CCCC3)=Cc3c(-c4ccc5ccccc5c4)cccc32)CCCC1.Cl.Cl. The van der Waals surface area contributed by atoms with Gasteiger partial charge in [0.15, 0.2) is 0 Å². The van der Waals surface area contributed by atoms with E-state index in [4.69, 9.17) is 0 Å². The largest absolute Gasteiger partial charge is 0.147 e. The number of benzene rings is 6. The topological polar surface area (TPSA) is 0 Å². The number of hydrogen-bond donors (Lipinski definition) is 0. The summed E-state index contributed by atoms with van der Waals surface area (Å²) >= 11 is -4.00. The third kappa shape index (κ3) is 8.05. The molecule has 0 nitrogen and oxygen atoms in total. The third-order valence-corrected chi connectivity index (χ3v) is 33.9. The molecule has 2 unspecified atom stereocenters. The summed E-state index contributed by atoms with van der Waals surface area (Å²) in [6.07, 6.45) is 24.6. The van der Waals surface area contributed by atoms with Crippen molar-refractivity contribution in [2.75, 3.05) is 0 Å². The van der Waals surface area contributed by atoms with Crippen LogP contribution in [0.15, 0.2) is 132 Å². The van der Waals surface area contributed by atoms with Crippen LogP contribution in [-0.2, 0) is 17.4 Å². The van der Waals surface area contributed by atoms with Gasteiger partial charge in [0.2, 0.25) is 0 Å². The van der Waals surface area contributed by atoms with E-state index in [0.717, 1.165) is 0 Å². The van der Waals surface area contributed by atoms with Gasteiger partial charge in [-0.15, -0.1) is 24.8 Å². The molecular formula is C58H68Cl2SiZr. The normalized spacial score (nSPS) is 20.0. The van der Waals surface area contributed by atoms with Crippen molar-refractivity contribution in [2.24, 2.45) is 10.8 Å². The van der Waals surface area contributed by atoms with Gasteiger partial charge < -0.3 is 0 Å². The maximum atomic E-state index is 2.93. The van der Waals surface area contributed by atoms with E-state index in [1.54, 1.807) is 22.3 Å². The summed E-state index contributed by atoms with van der Waals surface area (Å²) in [5, 5.41) is 5.31. The monoisotopic (exact) mass is 952 g/mol. The first kappa shape index (κ1) is 45.6. The van der Waals surface area contributed by atoms with E-state index in [0.29, 0.717) is 18.1 Å². The van der Waals surface area contributed by atoms with Crippen molar-refractivity contribution < 1.29 is 17.4 Å². The Morgan fingerprint density at radius 3 is 1.27 bits per heavy atom. The van der Waals surface area contributed by atoms with E-state index in [1.807, 2.05) is 0 Å². The van der Waals surface area contributed by atoms with Crippen LogP contribution in [0.2, 0.25) is 9.26 Å². The Hall–Kier alpha value is -3.00. The van der Waals surface area contributed by atoms with E-state index in [1.165, 1.54) is 145 Å². The number of hydrogen-bond acceptors (Lipinski definition) is 0. The second-order valence-electron chi connectivity index (χ2n) is 21.2.